The number of nitrogens with zero attached hydrogens (tertiary/aromatic N) is 6. The molecule has 3 aromatic heterocycles. The molecule has 0 atom stereocenters. The number of carbonyl (C=O) groups is 1. The number of aromatic nitrogens is 4. The van der Waals surface area contributed by atoms with Crippen molar-refractivity contribution in [3.8, 4) is 11.5 Å². The molecule has 0 saturated carbocycles. The minimum Gasteiger partial charge on any atom is -0.421 e. The highest BCUT2D eigenvalue weighted by Gasteiger charge is 2.25. The van der Waals surface area contributed by atoms with Gasteiger partial charge in [-0.25, -0.2) is 4.98 Å². The van der Waals surface area contributed by atoms with Crippen LogP contribution in [0.25, 0.3) is 22.4 Å². The summed E-state index contributed by atoms with van der Waals surface area (Å²) in [6.07, 6.45) is 5.23. The number of pyridine rings is 2. The van der Waals surface area contributed by atoms with E-state index in [0.717, 1.165) is 35.1 Å². The summed E-state index contributed by atoms with van der Waals surface area (Å²) < 4.78 is 5.84. The third-order valence-electron chi connectivity index (χ3n) is 5.66. The van der Waals surface area contributed by atoms with E-state index in [4.69, 9.17) is 4.42 Å². The molecule has 1 aliphatic heterocycles. The summed E-state index contributed by atoms with van der Waals surface area (Å²) in [4.78, 5) is 26.1. The molecule has 32 heavy (non-hydrogen) atoms. The first-order valence-corrected chi connectivity index (χ1v) is 10.9. The molecule has 0 radical (unpaired) electrons. The van der Waals surface area contributed by atoms with Crippen molar-refractivity contribution >= 4 is 22.6 Å². The van der Waals surface area contributed by atoms with Crippen molar-refractivity contribution in [2.75, 3.05) is 31.1 Å². The number of rotatable bonds is 5. The summed E-state index contributed by atoms with van der Waals surface area (Å²) >= 11 is 0. The molecule has 1 saturated heterocycles. The minimum atomic E-state index is 0.0396. The average Bonchev–Trinajstić information content (AvgIpc) is 3.32. The summed E-state index contributed by atoms with van der Waals surface area (Å²) in [5.74, 6) is 1.97. The zero-order chi connectivity index (χ0) is 21.9. The van der Waals surface area contributed by atoms with E-state index in [1.807, 2.05) is 47.4 Å². The quantitative estimate of drug-likeness (QED) is 0.480. The Labute approximate surface area is 185 Å². The third-order valence-corrected chi connectivity index (χ3v) is 5.66. The number of benzene rings is 1. The molecule has 0 N–H and O–H groups in total. The fourth-order valence-corrected chi connectivity index (χ4v) is 4.01. The maximum atomic E-state index is 13.1. The molecule has 0 aliphatic carbocycles. The highest BCUT2D eigenvalue weighted by molar-refractivity contribution is 5.98. The van der Waals surface area contributed by atoms with Crippen LogP contribution in [0.1, 0.15) is 29.6 Å². The predicted molar refractivity (Wildman–Crippen MR) is 121 cm³/mol. The van der Waals surface area contributed by atoms with Gasteiger partial charge >= 0.3 is 0 Å². The van der Waals surface area contributed by atoms with Gasteiger partial charge in [0.15, 0.2) is 0 Å². The summed E-state index contributed by atoms with van der Waals surface area (Å²) in [7, 11) is 0. The number of piperazine rings is 1. The van der Waals surface area contributed by atoms with Gasteiger partial charge in [0.2, 0.25) is 5.89 Å². The molecular weight excluding hydrogens is 404 g/mol. The Kier molecular flexibility index (Phi) is 5.49. The largest absolute Gasteiger partial charge is 0.421 e. The van der Waals surface area contributed by atoms with E-state index in [2.05, 4.69) is 32.0 Å². The van der Waals surface area contributed by atoms with E-state index < -0.39 is 0 Å². The van der Waals surface area contributed by atoms with Gasteiger partial charge in [-0.1, -0.05) is 13.0 Å². The summed E-state index contributed by atoms with van der Waals surface area (Å²) in [6, 6.07) is 13.3. The molecule has 5 rings (SSSR count). The Morgan fingerprint density at radius 3 is 2.66 bits per heavy atom. The molecule has 1 aliphatic rings. The molecule has 1 fully saturated rings. The molecular formula is C24H24N6O2. The van der Waals surface area contributed by atoms with Crippen molar-refractivity contribution < 1.29 is 9.21 Å². The van der Waals surface area contributed by atoms with Crippen LogP contribution in [-0.2, 0) is 6.42 Å². The van der Waals surface area contributed by atoms with Crippen LogP contribution in [0.15, 0.2) is 59.3 Å². The van der Waals surface area contributed by atoms with E-state index in [9.17, 15) is 4.79 Å². The van der Waals surface area contributed by atoms with Gasteiger partial charge in [0.25, 0.3) is 11.8 Å². The number of fused-ring (bicyclic) bond motifs is 1. The van der Waals surface area contributed by atoms with Gasteiger partial charge in [0.05, 0.1) is 11.1 Å². The Balaban J connectivity index is 1.31. The first-order chi connectivity index (χ1) is 15.7. The third kappa shape index (κ3) is 3.91. The molecule has 1 aromatic carbocycles. The van der Waals surface area contributed by atoms with Crippen LogP contribution in [0.3, 0.4) is 0 Å². The van der Waals surface area contributed by atoms with Crippen LogP contribution in [0.5, 0.6) is 0 Å². The van der Waals surface area contributed by atoms with Crippen LogP contribution in [-0.4, -0.2) is 57.2 Å². The Hall–Kier alpha value is -3.81. The van der Waals surface area contributed by atoms with Crippen LogP contribution < -0.4 is 4.90 Å². The van der Waals surface area contributed by atoms with Crippen molar-refractivity contribution in [1.29, 1.82) is 0 Å². The number of carbonyl (C=O) groups excluding carboxylic acids is 1. The SMILES string of the molecule is CCCc1nnc(-c2cccnc2N2CCN(C(=O)c3ccc4ncccc4c3)CC2)o1. The Morgan fingerprint density at radius 2 is 1.81 bits per heavy atom. The molecule has 4 aromatic rings. The van der Waals surface area contributed by atoms with Gasteiger partial charge in [-0.05, 0) is 42.8 Å². The molecule has 8 heteroatoms. The molecule has 4 heterocycles. The first-order valence-electron chi connectivity index (χ1n) is 10.9. The molecule has 0 spiro atoms. The topological polar surface area (TPSA) is 88.3 Å². The van der Waals surface area contributed by atoms with Crippen molar-refractivity contribution in [3.63, 3.8) is 0 Å². The highest BCUT2D eigenvalue weighted by atomic mass is 16.4. The van der Waals surface area contributed by atoms with Crippen molar-refractivity contribution in [2.24, 2.45) is 0 Å². The zero-order valence-electron chi connectivity index (χ0n) is 17.9. The van der Waals surface area contributed by atoms with E-state index in [0.29, 0.717) is 43.5 Å². The lowest BCUT2D eigenvalue weighted by molar-refractivity contribution is 0.0746. The standard InChI is InChI=1S/C24H24N6O2/c1-2-5-21-27-28-23(32-21)19-7-4-11-26-22(19)29-12-14-30(15-13-29)24(31)18-8-9-20-17(16-18)6-3-10-25-20/h3-4,6-11,16H,2,5,12-15H2,1H3. The van der Waals surface area contributed by atoms with Crippen molar-refractivity contribution in [3.05, 3.63) is 66.3 Å². The van der Waals surface area contributed by atoms with E-state index in [-0.39, 0.29) is 5.91 Å². The average molecular weight is 428 g/mol. The molecule has 162 valence electrons. The fraction of sp³-hybridized carbons (Fsp3) is 0.292. The Bertz CT molecular complexity index is 1250. The molecule has 8 nitrogen and oxygen atoms in total. The number of hydrogen-bond acceptors (Lipinski definition) is 7. The van der Waals surface area contributed by atoms with Crippen LogP contribution in [0.4, 0.5) is 5.82 Å². The highest BCUT2D eigenvalue weighted by Crippen LogP contribution is 2.29. The maximum absolute atomic E-state index is 13.1. The number of hydrogen-bond donors (Lipinski definition) is 0. The van der Waals surface area contributed by atoms with Crippen LogP contribution in [0, 0.1) is 0 Å². The van der Waals surface area contributed by atoms with Crippen molar-refractivity contribution in [1.82, 2.24) is 25.1 Å². The van der Waals surface area contributed by atoms with Gasteiger partial charge in [0.1, 0.15) is 5.82 Å². The monoisotopic (exact) mass is 428 g/mol. The van der Waals surface area contributed by atoms with E-state index in [1.165, 1.54) is 0 Å². The van der Waals surface area contributed by atoms with Crippen LogP contribution >= 0.6 is 0 Å². The number of aryl methyl sites for hydroxylation is 1. The van der Waals surface area contributed by atoms with Gasteiger partial charge < -0.3 is 14.2 Å². The first kappa shape index (κ1) is 20.1. The van der Waals surface area contributed by atoms with Gasteiger partial charge in [-0.15, -0.1) is 10.2 Å². The lowest BCUT2D eigenvalue weighted by atomic mass is 10.1. The van der Waals surface area contributed by atoms with Gasteiger partial charge in [0, 0.05) is 55.9 Å². The summed E-state index contributed by atoms with van der Waals surface area (Å²) in [5.41, 5.74) is 2.40. The predicted octanol–water partition coefficient (Wildman–Crippen LogP) is 3.59. The second kappa shape index (κ2) is 8.74. The second-order valence-electron chi connectivity index (χ2n) is 7.82. The maximum Gasteiger partial charge on any atom is 0.253 e. The van der Waals surface area contributed by atoms with E-state index in [1.54, 1.807) is 12.4 Å². The molecule has 0 unspecified atom stereocenters. The summed E-state index contributed by atoms with van der Waals surface area (Å²) in [5, 5.41) is 9.32. The Morgan fingerprint density at radius 1 is 1.00 bits per heavy atom. The minimum absolute atomic E-state index is 0.0396. The number of amides is 1. The molecule has 0 bridgehead atoms. The second-order valence-corrected chi connectivity index (χ2v) is 7.82. The van der Waals surface area contributed by atoms with Gasteiger partial charge in [-0.3, -0.25) is 9.78 Å². The fourth-order valence-electron chi connectivity index (χ4n) is 4.01. The lowest BCUT2D eigenvalue weighted by Crippen LogP contribution is -2.49. The van der Waals surface area contributed by atoms with Crippen molar-refractivity contribution in [2.45, 2.75) is 19.8 Å². The normalized spacial score (nSPS) is 14.2. The summed E-state index contributed by atoms with van der Waals surface area (Å²) in [6.45, 7) is 4.67. The molecule has 1 amide bonds. The smallest absolute Gasteiger partial charge is 0.253 e. The lowest BCUT2D eigenvalue weighted by Gasteiger charge is -2.36. The zero-order valence-corrected chi connectivity index (χ0v) is 17.9. The van der Waals surface area contributed by atoms with E-state index >= 15 is 0 Å². The van der Waals surface area contributed by atoms with Gasteiger partial charge in [-0.2, -0.15) is 0 Å². The van der Waals surface area contributed by atoms with Crippen LogP contribution in [0.2, 0.25) is 0 Å². The number of anilines is 1.